The number of ether oxygens (including phenoxy) is 2. The summed E-state index contributed by atoms with van der Waals surface area (Å²) in [6.45, 7) is 0.299. The molecule has 0 saturated heterocycles. The molecule has 0 unspecified atom stereocenters. The van der Waals surface area contributed by atoms with Gasteiger partial charge in [-0.3, -0.25) is 0 Å². The van der Waals surface area contributed by atoms with Crippen LogP contribution in [-0.4, -0.2) is 37.4 Å². The van der Waals surface area contributed by atoms with Gasteiger partial charge in [-0.15, -0.1) is 5.10 Å². The molecular weight excluding hydrogens is 427 g/mol. The molecule has 0 amide bonds. The highest BCUT2D eigenvalue weighted by Crippen LogP contribution is 2.29. The Morgan fingerprint density at radius 2 is 1.89 bits per heavy atom. The van der Waals surface area contributed by atoms with Gasteiger partial charge in [-0.2, -0.15) is 4.98 Å². The average molecular weight is 443 g/mol. The molecule has 0 fully saturated rings. The number of aromatic nitrogens is 3. The lowest BCUT2D eigenvalue weighted by Crippen LogP contribution is -2.15. The quantitative estimate of drug-likeness (QED) is 0.601. The van der Waals surface area contributed by atoms with Gasteiger partial charge in [-0.25, -0.2) is 17.8 Å². The van der Waals surface area contributed by atoms with Crippen molar-refractivity contribution < 1.29 is 17.9 Å². The van der Waals surface area contributed by atoms with Gasteiger partial charge in [0.1, 0.15) is 22.7 Å². The normalized spacial score (nSPS) is 11.3. The van der Waals surface area contributed by atoms with E-state index in [1.165, 1.54) is 37.4 Å². The number of nitrogens with one attached hydrogen (secondary N) is 1. The van der Waals surface area contributed by atoms with Crippen molar-refractivity contribution in [2.24, 2.45) is 0 Å². The van der Waals surface area contributed by atoms with E-state index in [1.807, 2.05) is 0 Å². The van der Waals surface area contributed by atoms with E-state index >= 15 is 0 Å². The molecule has 0 saturated carbocycles. The van der Waals surface area contributed by atoms with Crippen molar-refractivity contribution in [3.63, 3.8) is 0 Å². The second-order valence-corrected chi connectivity index (χ2v) is 8.12. The van der Waals surface area contributed by atoms with Crippen molar-refractivity contribution >= 4 is 39.2 Å². The zero-order chi connectivity index (χ0) is 20.3. The third kappa shape index (κ3) is 4.49. The molecule has 28 heavy (non-hydrogen) atoms. The number of hydrogen-bond donors (Lipinski definition) is 1. The average Bonchev–Trinajstić information content (AvgIpc) is 3.09. The molecule has 0 spiro atoms. The highest BCUT2D eigenvalue weighted by atomic mass is 35.5. The number of hydrogen-bond acceptors (Lipinski definition) is 6. The molecule has 1 heterocycles. The largest absolute Gasteiger partial charge is 0.497 e. The predicted octanol–water partition coefficient (Wildman–Crippen LogP) is 3.45. The standard InChI is InChI=1S/C17H16Cl2N4O4S/c1-26-13-5-6-15(27-2)16(8-13)28(24,25)22-17-20-10-23(21-17)9-11-3-4-12(18)7-14(11)19/h3-8,10H,9H2,1-2H3,(H,21,22). The maximum absolute atomic E-state index is 12.7. The van der Waals surface area contributed by atoms with Crippen LogP contribution < -0.4 is 14.2 Å². The number of halogens is 2. The van der Waals surface area contributed by atoms with Gasteiger partial charge >= 0.3 is 0 Å². The van der Waals surface area contributed by atoms with Crippen LogP contribution in [0.15, 0.2) is 47.6 Å². The summed E-state index contributed by atoms with van der Waals surface area (Å²) in [5, 5.41) is 5.13. The first-order chi connectivity index (χ1) is 13.3. The Bertz CT molecular complexity index is 1100. The van der Waals surface area contributed by atoms with Gasteiger partial charge in [-0.1, -0.05) is 29.3 Å². The van der Waals surface area contributed by atoms with Crippen LogP contribution in [0.25, 0.3) is 0 Å². The molecule has 0 atom stereocenters. The van der Waals surface area contributed by atoms with Crippen LogP contribution in [0, 0.1) is 0 Å². The molecule has 0 bridgehead atoms. The van der Waals surface area contributed by atoms with Crippen LogP contribution in [0.5, 0.6) is 11.5 Å². The topological polar surface area (TPSA) is 95.3 Å². The number of nitrogens with zero attached hydrogens (tertiary/aromatic N) is 3. The zero-order valence-electron chi connectivity index (χ0n) is 14.9. The van der Waals surface area contributed by atoms with Crippen LogP contribution in [0.2, 0.25) is 10.0 Å². The Hall–Kier alpha value is -2.49. The van der Waals surface area contributed by atoms with Gasteiger partial charge in [0.2, 0.25) is 0 Å². The second-order valence-electron chi connectivity index (χ2n) is 5.62. The van der Waals surface area contributed by atoms with Crippen molar-refractivity contribution in [3.05, 3.63) is 58.3 Å². The number of rotatable bonds is 7. The van der Waals surface area contributed by atoms with Gasteiger partial charge in [0.05, 0.1) is 20.8 Å². The summed E-state index contributed by atoms with van der Waals surface area (Å²) in [4.78, 5) is 3.90. The van der Waals surface area contributed by atoms with Crippen molar-refractivity contribution in [2.75, 3.05) is 18.9 Å². The summed E-state index contributed by atoms with van der Waals surface area (Å²) in [7, 11) is -1.18. The van der Waals surface area contributed by atoms with Crippen LogP contribution in [0.3, 0.4) is 0 Å². The van der Waals surface area contributed by atoms with Gasteiger partial charge < -0.3 is 9.47 Å². The van der Waals surface area contributed by atoms with Gasteiger partial charge in [0.15, 0.2) is 0 Å². The van der Waals surface area contributed by atoms with E-state index in [-0.39, 0.29) is 16.6 Å². The van der Waals surface area contributed by atoms with Crippen LogP contribution in [-0.2, 0) is 16.6 Å². The molecule has 0 aliphatic heterocycles. The van der Waals surface area contributed by atoms with Crippen LogP contribution in [0.4, 0.5) is 5.95 Å². The van der Waals surface area contributed by atoms with Crippen molar-refractivity contribution in [1.29, 1.82) is 0 Å². The van der Waals surface area contributed by atoms with Gasteiger partial charge in [-0.05, 0) is 29.8 Å². The number of anilines is 1. The minimum Gasteiger partial charge on any atom is -0.497 e. The van der Waals surface area contributed by atoms with Crippen molar-refractivity contribution in [2.45, 2.75) is 11.4 Å². The second kappa shape index (κ2) is 8.26. The minimum absolute atomic E-state index is 0.0880. The molecule has 1 aromatic heterocycles. The highest BCUT2D eigenvalue weighted by molar-refractivity contribution is 7.92. The van der Waals surface area contributed by atoms with E-state index in [4.69, 9.17) is 32.7 Å². The fourth-order valence-electron chi connectivity index (χ4n) is 2.41. The molecule has 0 aliphatic carbocycles. The molecular formula is C17H16Cl2N4O4S. The Balaban J connectivity index is 1.82. The van der Waals surface area contributed by atoms with E-state index in [0.29, 0.717) is 22.3 Å². The van der Waals surface area contributed by atoms with Gasteiger partial charge in [0, 0.05) is 16.1 Å². The first kappa shape index (κ1) is 20.2. The van der Waals surface area contributed by atoms with E-state index in [2.05, 4.69) is 14.8 Å². The fourth-order valence-corrected chi connectivity index (χ4v) is 4.01. The first-order valence-electron chi connectivity index (χ1n) is 7.90. The summed E-state index contributed by atoms with van der Waals surface area (Å²) >= 11 is 12.0. The Labute approximate surface area is 172 Å². The molecule has 11 heteroatoms. The van der Waals surface area contributed by atoms with Crippen molar-refractivity contribution in [1.82, 2.24) is 14.8 Å². The third-order valence-corrected chi connectivity index (χ3v) is 5.71. The maximum atomic E-state index is 12.7. The smallest absolute Gasteiger partial charge is 0.268 e. The van der Waals surface area contributed by atoms with E-state index in [9.17, 15) is 8.42 Å². The third-order valence-electron chi connectivity index (χ3n) is 3.77. The molecule has 3 rings (SSSR count). The fraction of sp³-hybridized carbons (Fsp3) is 0.176. The maximum Gasteiger partial charge on any atom is 0.268 e. The Kier molecular flexibility index (Phi) is 5.97. The molecule has 0 aliphatic rings. The summed E-state index contributed by atoms with van der Waals surface area (Å²) in [5.74, 6) is 0.452. The highest BCUT2D eigenvalue weighted by Gasteiger charge is 2.22. The molecule has 2 aromatic carbocycles. The first-order valence-corrected chi connectivity index (χ1v) is 10.1. The van der Waals surface area contributed by atoms with Crippen molar-refractivity contribution in [3.8, 4) is 11.5 Å². The van der Waals surface area contributed by atoms with E-state index in [0.717, 1.165) is 5.56 Å². The van der Waals surface area contributed by atoms with Crippen LogP contribution in [0.1, 0.15) is 5.56 Å². The molecule has 3 aromatic rings. The van der Waals surface area contributed by atoms with Gasteiger partial charge in [0.25, 0.3) is 16.0 Å². The summed E-state index contributed by atoms with van der Waals surface area (Å²) < 4.78 is 39.5. The zero-order valence-corrected chi connectivity index (χ0v) is 17.2. The minimum atomic E-state index is -4.00. The molecule has 8 nitrogen and oxygen atoms in total. The number of methoxy groups -OCH3 is 2. The Morgan fingerprint density at radius 3 is 2.57 bits per heavy atom. The lowest BCUT2D eigenvalue weighted by Gasteiger charge is -2.11. The summed E-state index contributed by atoms with van der Waals surface area (Å²) in [6, 6.07) is 9.54. The number of benzene rings is 2. The summed E-state index contributed by atoms with van der Waals surface area (Å²) in [6.07, 6.45) is 1.39. The molecule has 0 radical (unpaired) electrons. The predicted molar refractivity (Wildman–Crippen MR) is 106 cm³/mol. The Morgan fingerprint density at radius 1 is 1.11 bits per heavy atom. The monoisotopic (exact) mass is 442 g/mol. The lowest BCUT2D eigenvalue weighted by molar-refractivity contribution is 0.392. The van der Waals surface area contributed by atoms with E-state index in [1.54, 1.807) is 24.3 Å². The van der Waals surface area contributed by atoms with E-state index < -0.39 is 10.0 Å². The summed E-state index contributed by atoms with van der Waals surface area (Å²) in [5.41, 5.74) is 0.764. The van der Waals surface area contributed by atoms with Crippen LogP contribution >= 0.6 is 23.2 Å². The molecule has 148 valence electrons. The molecule has 1 N–H and O–H groups in total. The number of sulfonamides is 1. The SMILES string of the molecule is COc1ccc(OC)c(S(=O)(=O)Nc2ncn(Cc3ccc(Cl)cc3Cl)n2)c1. The lowest BCUT2D eigenvalue weighted by atomic mass is 10.2.